The molecule has 0 spiro atoms. The molecular formula is C16H22BrClFN3O2. The van der Waals surface area contributed by atoms with Crippen LogP contribution in [0.2, 0.25) is 0 Å². The summed E-state index contributed by atoms with van der Waals surface area (Å²) in [5, 5.41) is 2.82. The van der Waals surface area contributed by atoms with Crippen molar-refractivity contribution in [3.63, 3.8) is 0 Å². The summed E-state index contributed by atoms with van der Waals surface area (Å²) in [7, 11) is 0. The lowest BCUT2D eigenvalue weighted by Crippen LogP contribution is -2.49. The van der Waals surface area contributed by atoms with Crippen LogP contribution in [0.5, 0.6) is 0 Å². The molecule has 1 aliphatic heterocycles. The lowest BCUT2D eigenvalue weighted by molar-refractivity contribution is -0.121. The van der Waals surface area contributed by atoms with Crippen LogP contribution in [0.3, 0.4) is 0 Å². The first kappa shape index (κ1) is 20.9. The van der Waals surface area contributed by atoms with Crippen LogP contribution in [0.1, 0.15) is 36.0 Å². The Labute approximate surface area is 155 Å². The predicted octanol–water partition coefficient (Wildman–Crippen LogP) is 2.47. The van der Waals surface area contributed by atoms with Gasteiger partial charge in [0, 0.05) is 36.6 Å². The minimum Gasteiger partial charge on any atom is -0.354 e. The zero-order valence-electron chi connectivity index (χ0n) is 13.3. The summed E-state index contributed by atoms with van der Waals surface area (Å²) in [6, 6.07) is 4.00. The van der Waals surface area contributed by atoms with E-state index in [1.165, 1.54) is 18.2 Å². The maximum absolute atomic E-state index is 13.5. The fraction of sp³-hybridized carbons (Fsp3) is 0.500. The molecule has 0 aromatic heterocycles. The summed E-state index contributed by atoms with van der Waals surface area (Å²) in [5.74, 6) is -0.770. The molecule has 2 rings (SSSR count). The molecule has 1 aliphatic rings. The maximum atomic E-state index is 13.5. The molecule has 0 bridgehead atoms. The van der Waals surface area contributed by atoms with E-state index in [1.54, 1.807) is 4.90 Å². The highest BCUT2D eigenvalue weighted by Gasteiger charge is 2.28. The number of amides is 2. The number of carbonyl (C=O) groups is 2. The molecule has 1 unspecified atom stereocenters. The molecule has 1 fully saturated rings. The molecule has 1 heterocycles. The van der Waals surface area contributed by atoms with Gasteiger partial charge in [0.15, 0.2) is 0 Å². The van der Waals surface area contributed by atoms with Crippen LogP contribution in [0.15, 0.2) is 22.7 Å². The van der Waals surface area contributed by atoms with Crippen molar-refractivity contribution in [3.05, 3.63) is 34.1 Å². The first-order valence-electron chi connectivity index (χ1n) is 7.75. The highest BCUT2D eigenvalue weighted by molar-refractivity contribution is 9.10. The number of halogens is 3. The number of carbonyl (C=O) groups excluding carboxylic acids is 2. The lowest BCUT2D eigenvalue weighted by Gasteiger charge is -2.36. The number of piperidine rings is 1. The Kier molecular flexibility index (Phi) is 8.66. The molecule has 0 saturated carbocycles. The first-order valence-corrected chi connectivity index (χ1v) is 8.55. The van der Waals surface area contributed by atoms with E-state index >= 15 is 0 Å². The molecule has 24 heavy (non-hydrogen) atoms. The van der Waals surface area contributed by atoms with Gasteiger partial charge in [-0.2, -0.15) is 0 Å². The van der Waals surface area contributed by atoms with Crippen LogP contribution in [0, 0.1) is 5.82 Å². The van der Waals surface area contributed by atoms with E-state index in [0.717, 1.165) is 19.3 Å². The van der Waals surface area contributed by atoms with Gasteiger partial charge in [-0.25, -0.2) is 4.39 Å². The summed E-state index contributed by atoms with van der Waals surface area (Å²) in [6.07, 6.45) is 3.01. The topological polar surface area (TPSA) is 75.4 Å². The maximum Gasteiger partial charge on any atom is 0.255 e. The molecule has 1 saturated heterocycles. The van der Waals surface area contributed by atoms with Crippen molar-refractivity contribution < 1.29 is 14.0 Å². The molecule has 0 aliphatic carbocycles. The van der Waals surface area contributed by atoms with Crippen molar-refractivity contribution in [1.29, 1.82) is 0 Å². The number of nitrogens with one attached hydrogen (secondary N) is 1. The van der Waals surface area contributed by atoms with E-state index in [2.05, 4.69) is 21.2 Å². The minimum atomic E-state index is -0.443. The Morgan fingerprint density at radius 1 is 1.38 bits per heavy atom. The van der Waals surface area contributed by atoms with Gasteiger partial charge in [0.25, 0.3) is 5.91 Å². The smallest absolute Gasteiger partial charge is 0.255 e. The van der Waals surface area contributed by atoms with Gasteiger partial charge in [0.2, 0.25) is 5.91 Å². The molecule has 1 aromatic carbocycles. The Balaban J connectivity index is 0.00000288. The third-order valence-electron chi connectivity index (χ3n) is 3.95. The van der Waals surface area contributed by atoms with Crippen LogP contribution in [0.4, 0.5) is 4.39 Å². The molecule has 8 heteroatoms. The monoisotopic (exact) mass is 421 g/mol. The fourth-order valence-electron chi connectivity index (χ4n) is 2.75. The Bertz CT molecular complexity index is 588. The largest absolute Gasteiger partial charge is 0.354 e. The number of hydrogen-bond acceptors (Lipinski definition) is 3. The van der Waals surface area contributed by atoms with Gasteiger partial charge in [-0.3, -0.25) is 9.59 Å². The number of nitrogens with zero attached hydrogens (tertiary/aromatic N) is 1. The van der Waals surface area contributed by atoms with Crippen molar-refractivity contribution in [2.75, 3.05) is 19.6 Å². The number of likely N-dealkylation sites (tertiary alicyclic amines) is 1. The van der Waals surface area contributed by atoms with Crippen molar-refractivity contribution in [2.24, 2.45) is 5.73 Å². The van der Waals surface area contributed by atoms with E-state index in [-0.39, 0.29) is 36.7 Å². The van der Waals surface area contributed by atoms with Gasteiger partial charge in [-0.05, 0) is 53.4 Å². The summed E-state index contributed by atoms with van der Waals surface area (Å²) in [4.78, 5) is 26.1. The van der Waals surface area contributed by atoms with Gasteiger partial charge in [-0.15, -0.1) is 12.4 Å². The van der Waals surface area contributed by atoms with Crippen LogP contribution in [-0.2, 0) is 4.79 Å². The van der Waals surface area contributed by atoms with Crippen molar-refractivity contribution >= 4 is 40.2 Å². The number of benzene rings is 1. The van der Waals surface area contributed by atoms with E-state index in [9.17, 15) is 14.0 Å². The van der Waals surface area contributed by atoms with E-state index < -0.39 is 5.82 Å². The summed E-state index contributed by atoms with van der Waals surface area (Å²) < 4.78 is 14.0. The van der Waals surface area contributed by atoms with Crippen LogP contribution < -0.4 is 11.1 Å². The van der Waals surface area contributed by atoms with Crippen LogP contribution >= 0.6 is 28.3 Å². The summed E-state index contributed by atoms with van der Waals surface area (Å²) in [5.41, 5.74) is 5.66. The van der Waals surface area contributed by atoms with E-state index in [4.69, 9.17) is 5.73 Å². The van der Waals surface area contributed by atoms with Crippen molar-refractivity contribution in [1.82, 2.24) is 10.2 Å². The summed E-state index contributed by atoms with van der Waals surface area (Å²) >= 11 is 3.30. The number of hydrogen-bond donors (Lipinski definition) is 2. The van der Waals surface area contributed by atoms with E-state index in [1.807, 2.05) is 0 Å². The van der Waals surface area contributed by atoms with Gasteiger partial charge in [0.1, 0.15) is 5.82 Å². The lowest BCUT2D eigenvalue weighted by atomic mass is 10.0. The molecule has 2 amide bonds. The number of rotatable bonds is 5. The Morgan fingerprint density at radius 3 is 2.83 bits per heavy atom. The standard InChI is InChI=1S/C16H21BrFN3O2.ClH/c17-14-5-4-11(18)9-13(14)16(23)21-8-2-1-3-12(21)10-20-15(22)6-7-19;/h4-5,9,12H,1-3,6-8,10,19H2,(H,20,22);1H. The third-order valence-corrected chi connectivity index (χ3v) is 4.64. The third kappa shape index (κ3) is 5.43. The van der Waals surface area contributed by atoms with Gasteiger partial charge in [0.05, 0.1) is 5.56 Å². The zero-order valence-corrected chi connectivity index (χ0v) is 15.7. The molecule has 0 radical (unpaired) electrons. The van der Waals surface area contributed by atoms with Crippen molar-refractivity contribution in [2.45, 2.75) is 31.7 Å². The quantitative estimate of drug-likeness (QED) is 0.765. The summed E-state index contributed by atoms with van der Waals surface area (Å²) in [6.45, 7) is 1.31. The molecular weight excluding hydrogens is 401 g/mol. The number of nitrogens with two attached hydrogens (primary N) is 1. The van der Waals surface area contributed by atoms with Crippen LogP contribution in [0.25, 0.3) is 0 Å². The van der Waals surface area contributed by atoms with Gasteiger partial charge < -0.3 is 16.0 Å². The second-order valence-electron chi connectivity index (χ2n) is 5.62. The van der Waals surface area contributed by atoms with Crippen LogP contribution in [-0.4, -0.2) is 42.4 Å². The predicted molar refractivity (Wildman–Crippen MR) is 96.7 cm³/mol. The second kappa shape index (κ2) is 9.96. The van der Waals surface area contributed by atoms with Crippen molar-refractivity contribution in [3.8, 4) is 0 Å². The zero-order chi connectivity index (χ0) is 16.8. The van der Waals surface area contributed by atoms with Gasteiger partial charge in [-0.1, -0.05) is 0 Å². The minimum absolute atomic E-state index is 0. The first-order chi connectivity index (χ1) is 11.0. The Hall–Kier alpha value is -1.18. The molecule has 1 atom stereocenters. The second-order valence-corrected chi connectivity index (χ2v) is 6.47. The molecule has 5 nitrogen and oxygen atoms in total. The van der Waals surface area contributed by atoms with Gasteiger partial charge >= 0.3 is 0 Å². The van der Waals surface area contributed by atoms with E-state index in [0.29, 0.717) is 29.7 Å². The molecule has 3 N–H and O–H groups in total. The SMILES string of the molecule is Cl.NCCC(=O)NCC1CCCCN1C(=O)c1cc(F)ccc1Br. The average molecular weight is 423 g/mol. The fourth-order valence-corrected chi connectivity index (χ4v) is 3.16. The molecule has 1 aromatic rings. The Morgan fingerprint density at radius 2 is 2.12 bits per heavy atom. The normalized spacial score (nSPS) is 17.1. The average Bonchev–Trinajstić information content (AvgIpc) is 2.55. The molecule has 134 valence electrons. The highest BCUT2D eigenvalue weighted by atomic mass is 79.9. The highest BCUT2D eigenvalue weighted by Crippen LogP contribution is 2.24.